The van der Waals surface area contributed by atoms with E-state index in [0.717, 1.165) is 12.1 Å². The topological polar surface area (TPSA) is 55.2 Å². The van der Waals surface area contributed by atoms with Gasteiger partial charge in [0.15, 0.2) is 11.6 Å². The van der Waals surface area contributed by atoms with E-state index in [4.69, 9.17) is 0 Å². The van der Waals surface area contributed by atoms with Gasteiger partial charge in [0.2, 0.25) is 0 Å². The summed E-state index contributed by atoms with van der Waals surface area (Å²) < 4.78 is 26.5. The van der Waals surface area contributed by atoms with Crippen molar-refractivity contribution in [1.29, 1.82) is 0 Å². The summed E-state index contributed by atoms with van der Waals surface area (Å²) in [6, 6.07) is 7.94. The molecule has 4 nitrogen and oxygen atoms in total. The van der Waals surface area contributed by atoms with Crippen LogP contribution in [0.5, 0.6) is 0 Å². The van der Waals surface area contributed by atoms with E-state index in [1.54, 1.807) is 12.1 Å². The van der Waals surface area contributed by atoms with Crippen LogP contribution in [0.25, 0.3) is 0 Å². The van der Waals surface area contributed by atoms with E-state index < -0.39 is 16.6 Å². The second-order valence-corrected chi connectivity index (χ2v) is 4.94. The highest BCUT2D eigenvalue weighted by atomic mass is 79.9. The molecule has 0 amide bonds. The summed E-state index contributed by atoms with van der Waals surface area (Å²) in [5.41, 5.74) is 0.697. The van der Waals surface area contributed by atoms with Crippen molar-refractivity contribution in [2.75, 3.05) is 5.32 Å². The SMILES string of the molecule is O=[N+]([O-])c1ccc(Br)cc1NCc1ccc(F)c(F)c1. The third kappa shape index (κ3) is 3.30. The molecule has 0 aromatic heterocycles. The van der Waals surface area contributed by atoms with Crippen LogP contribution in [0.2, 0.25) is 0 Å². The Balaban J connectivity index is 2.20. The molecule has 0 aliphatic carbocycles. The number of nitrogens with one attached hydrogen (secondary N) is 1. The van der Waals surface area contributed by atoms with Gasteiger partial charge in [-0.15, -0.1) is 0 Å². The van der Waals surface area contributed by atoms with Crippen LogP contribution in [0.1, 0.15) is 5.56 Å². The second kappa shape index (κ2) is 5.96. The Hall–Kier alpha value is -2.02. The normalized spacial score (nSPS) is 10.3. The van der Waals surface area contributed by atoms with Crippen molar-refractivity contribution in [3.63, 3.8) is 0 Å². The highest BCUT2D eigenvalue weighted by molar-refractivity contribution is 9.10. The third-order valence-corrected chi connectivity index (χ3v) is 3.12. The van der Waals surface area contributed by atoms with Gasteiger partial charge in [0, 0.05) is 17.1 Å². The van der Waals surface area contributed by atoms with Crippen LogP contribution in [0.4, 0.5) is 20.2 Å². The molecule has 0 heterocycles. The van der Waals surface area contributed by atoms with Crippen molar-refractivity contribution in [1.82, 2.24) is 0 Å². The highest BCUT2D eigenvalue weighted by Crippen LogP contribution is 2.28. The van der Waals surface area contributed by atoms with Crippen molar-refractivity contribution >= 4 is 27.3 Å². The summed E-state index contributed by atoms with van der Waals surface area (Å²) in [6.45, 7) is 0.147. The lowest BCUT2D eigenvalue weighted by Gasteiger charge is -2.08. The lowest BCUT2D eigenvalue weighted by atomic mass is 10.2. The number of nitro benzene ring substituents is 1. The minimum absolute atomic E-state index is 0.0872. The number of halogens is 3. The first-order valence-corrected chi connectivity index (χ1v) is 6.38. The fourth-order valence-electron chi connectivity index (χ4n) is 1.66. The smallest absolute Gasteiger partial charge is 0.292 e. The van der Waals surface area contributed by atoms with Gasteiger partial charge in [-0.05, 0) is 29.8 Å². The average Bonchev–Trinajstić information content (AvgIpc) is 2.40. The second-order valence-electron chi connectivity index (χ2n) is 4.02. The molecular weight excluding hydrogens is 334 g/mol. The van der Waals surface area contributed by atoms with Crippen molar-refractivity contribution in [2.24, 2.45) is 0 Å². The number of nitro groups is 1. The molecule has 0 aliphatic rings. The van der Waals surface area contributed by atoms with Crippen molar-refractivity contribution in [3.05, 3.63) is 68.2 Å². The van der Waals surface area contributed by atoms with Gasteiger partial charge in [0.25, 0.3) is 5.69 Å². The van der Waals surface area contributed by atoms with Crippen LogP contribution in [0, 0.1) is 21.7 Å². The van der Waals surface area contributed by atoms with Crippen LogP contribution < -0.4 is 5.32 Å². The standard InChI is InChI=1S/C13H9BrF2N2O2/c14-9-2-4-13(18(19)20)12(6-9)17-7-8-1-3-10(15)11(16)5-8/h1-6,17H,7H2. The summed E-state index contributed by atoms with van der Waals surface area (Å²) in [7, 11) is 0. The molecule has 0 saturated heterocycles. The molecule has 1 N–H and O–H groups in total. The molecule has 0 atom stereocenters. The fraction of sp³-hybridized carbons (Fsp3) is 0.0769. The predicted molar refractivity (Wildman–Crippen MR) is 74.5 cm³/mol. The first kappa shape index (κ1) is 14.4. The van der Waals surface area contributed by atoms with E-state index in [-0.39, 0.29) is 12.2 Å². The van der Waals surface area contributed by atoms with Crippen molar-refractivity contribution < 1.29 is 13.7 Å². The molecule has 0 spiro atoms. The zero-order valence-electron chi connectivity index (χ0n) is 10.1. The quantitative estimate of drug-likeness (QED) is 0.667. The van der Waals surface area contributed by atoms with E-state index in [1.807, 2.05) is 0 Å². The van der Waals surface area contributed by atoms with Crippen LogP contribution >= 0.6 is 15.9 Å². The van der Waals surface area contributed by atoms with Gasteiger partial charge in [0.1, 0.15) is 5.69 Å². The molecule has 0 radical (unpaired) electrons. The van der Waals surface area contributed by atoms with Crippen LogP contribution in [0.3, 0.4) is 0 Å². The Morgan fingerprint density at radius 2 is 1.90 bits per heavy atom. The van der Waals surface area contributed by atoms with Gasteiger partial charge in [-0.1, -0.05) is 22.0 Å². The zero-order valence-corrected chi connectivity index (χ0v) is 11.7. The molecule has 0 bridgehead atoms. The van der Waals surface area contributed by atoms with Crippen molar-refractivity contribution in [2.45, 2.75) is 6.54 Å². The number of hydrogen-bond acceptors (Lipinski definition) is 3. The van der Waals surface area contributed by atoms with Crippen LogP contribution in [-0.4, -0.2) is 4.92 Å². The number of anilines is 1. The van der Waals surface area contributed by atoms with E-state index in [2.05, 4.69) is 21.2 Å². The molecule has 104 valence electrons. The van der Waals surface area contributed by atoms with Gasteiger partial charge in [0.05, 0.1) is 4.92 Å². The molecule has 2 aromatic rings. The number of benzene rings is 2. The molecule has 0 saturated carbocycles. The fourth-order valence-corrected chi connectivity index (χ4v) is 2.02. The number of rotatable bonds is 4. The average molecular weight is 343 g/mol. The number of nitrogens with zero attached hydrogens (tertiary/aromatic N) is 1. The first-order chi connectivity index (χ1) is 9.47. The molecule has 0 fully saturated rings. The summed E-state index contributed by atoms with van der Waals surface area (Å²) in [4.78, 5) is 10.4. The molecule has 2 aromatic carbocycles. The molecule has 0 unspecified atom stereocenters. The van der Waals surface area contributed by atoms with E-state index in [1.165, 1.54) is 12.1 Å². The molecule has 0 aliphatic heterocycles. The van der Waals surface area contributed by atoms with Gasteiger partial charge >= 0.3 is 0 Å². The van der Waals surface area contributed by atoms with Crippen molar-refractivity contribution in [3.8, 4) is 0 Å². The zero-order chi connectivity index (χ0) is 14.7. The highest BCUT2D eigenvalue weighted by Gasteiger charge is 2.13. The van der Waals surface area contributed by atoms with Gasteiger partial charge < -0.3 is 5.32 Å². The third-order valence-electron chi connectivity index (χ3n) is 2.62. The molecule has 7 heteroatoms. The molecule has 2 rings (SSSR count). The van der Waals surface area contributed by atoms with Gasteiger partial charge in [-0.25, -0.2) is 8.78 Å². The lowest BCUT2D eigenvalue weighted by molar-refractivity contribution is -0.384. The maximum absolute atomic E-state index is 13.1. The minimum atomic E-state index is -0.951. The largest absolute Gasteiger partial charge is 0.375 e. The van der Waals surface area contributed by atoms with Crippen LogP contribution in [-0.2, 0) is 6.54 Å². The van der Waals surface area contributed by atoms with E-state index in [9.17, 15) is 18.9 Å². The van der Waals surface area contributed by atoms with Crippen LogP contribution in [0.15, 0.2) is 40.9 Å². The van der Waals surface area contributed by atoms with Gasteiger partial charge in [-0.3, -0.25) is 10.1 Å². The van der Waals surface area contributed by atoms with E-state index >= 15 is 0 Å². The molecular formula is C13H9BrF2N2O2. The number of hydrogen-bond donors (Lipinski definition) is 1. The Morgan fingerprint density at radius 3 is 2.55 bits per heavy atom. The Bertz CT molecular complexity index is 665. The lowest BCUT2D eigenvalue weighted by Crippen LogP contribution is -2.03. The monoisotopic (exact) mass is 342 g/mol. The Kier molecular flexibility index (Phi) is 4.29. The minimum Gasteiger partial charge on any atom is -0.375 e. The Morgan fingerprint density at radius 1 is 1.15 bits per heavy atom. The van der Waals surface area contributed by atoms with E-state index in [0.29, 0.717) is 15.7 Å². The summed E-state index contributed by atoms with van der Waals surface area (Å²) in [6.07, 6.45) is 0. The molecule has 20 heavy (non-hydrogen) atoms. The first-order valence-electron chi connectivity index (χ1n) is 5.59. The van der Waals surface area contributed by atoms with Gasteiger partial charge in [-0.2, -0.15) is 0 Å². The predicted octanol–water partition coefficient (Wildman–Crippen LogP) is 4.25. The summed E-state index contributed by atoms with van der Waals surface area (Å²) >= 11 is 3.22. The maximum atomic E-state index is 13.1. The summed E-state index contributed by atoms with van der Waals surface area (Å²) in [5, 5.41) is 13.7. The Labute approximate surface area is 121 Å². The summed E-state index contributed by atoms with van der Waals surface area (Å²) in [5.74, 6) is -1.88. The maximum Gasteiger partial charge on any atom is 0.292 e.